The largest absolute Gasteiger partial charge is 0.482 e. The topological polar surface area (TPSA) is 90.9 Å². The van der Waals surface area contributed by atoms with Gasteiger partial charge in [-0.05, 0) is 43.0 Å². The molecular weight excluding hydrogens is 394 g/mol. The third-order valence-corrected chi connectivity index (χ3v) is 4.40. The van der Waals surface area contributed by atoms with Crippen molar-refractivity contribution in [2.75, 3.05) is 35.2 Å². The maximum atomic E-state index is 12.7. The van der Waals surface area contributed by atoms with Gasteiger partial charge >= 0.3 is 12.0 Å². The van der Waals surface area contributed by atoms with E-state index in [1.54, 1.807) is 12.1 Å². The molecule has 0 aliphatic heterocycles. The fraction of sp³-hybridized carbons (Fsp3) is 0.417. The molecule has 2 amide bonds. The maximum absolute atomic E-state index is 12.7. The number of ether oxygens (including phenoxy) is 1. The molecule has 2 aromatic rings. The molecule has 31 heavy (non-hydrogen) atoms. The van der Waals surface area contributed by atoms with Gasteiger partial charge in [-0.3, -0.25) is 0 Å². The van der Waals surface area contributed by atoms with Crippen LogP contribution in [0.2, 0.25) is 0 Å². The zero-order valence-corrected chi connectivity index (χ0v) is 18.9. The van der Waals surface area contributed by atoms with Gasteiger partial charge in [0.15, 0.2) is 6.61 Å². The number of benzene rings is 2. The summed E-state index contributed by atoms with van der Waals surface area (Å²) in [4.78, 5) is 25.8. The van der Waals surface area contributed by atoms with Gasteiger partial charge in [0.25, 0.3) is 0 Å². The monoisotopic (exact) mass is 427 g/mol. The summed E-state index contributed by atoms with van der Waals surface area (Å²) in [5, 5.41) is 14.6. The molecular formula is C24H33N3O4. The zero-order chi connectivity index (χ0) is 23.0. The van der Waals surface area contributed by atoms with E-state index in [2.05, 4.69) is 43.2 Å². The Morgan fingerprint density at radius 3 is 2.13 bits per heavy atom. The number of carbonyl (C=O) groups is 2. The molecule has 0 fully saturated rings. The number of carbonyl (C=O) groups excluding carboxylic acids is 1. The number of amides is 2. The molecule has 0 radical (unpaired) electrons. The number of aliphatic carboxylic acids is 1. The van der Waals surface area contributed by atoms with Crippen LogP contribution < -0.4 is 20.3 Å². The van der Waals surface area contributed by atoms with E-state index in [1.165, 1.54) is 0 Å². The molecule has 2 rings (SSSR count). The lowest BCUT2D eigenvalue weighted by molar-refractivity contribution is -0.139. The van der Waals surface area contributed by atoms with E-state index in [-0.39, 0.29) is 6.03 Å². The number of hydrogen-bond donors (Lipinski definition) is 3. The van der Waals surface area contributed by atoms with Gasteiger partial charge in [-0.1, -0.05) is 45.4 Å². The van der Waals surface area contributed by atoms with Crippen molar-refractivity contribution in [3.05, 3.63) is 48.0 Å². The Balaban J connectivity index is 2.31. The molecule has 0 unspecified atom stereocenters. The Bertz CT molecular complexity index is 869. The first-order valence-corrected chi connectivity index (χ1v) is 10.5. The minimum Gasteiger partial charge on any atom is -0.482 e. The van der Waals surface area contributed by atoms with Crippen molar-refractivity contribution in [3.63, 3.8) is 0 Å². The molecule has 0 aromatic heterocycles. The molecule has 3 N–H and O–H groups in total. The van der Waals surface area contributed by atoms with Crippen LogP contribution in [0, 0.1) is 18.8 Å². The lowest BCUT2D eigenvalue weighted by Gasteiger charge is -2.30. The van der Waals surface area contributed by atoms with Crippen LogP contribution in [0.25, 0.3) is 0 Å². The van der Waals surface area contributed by atoms with Crippen molar-refractivity contribution in [1.29, 1.82) is 0 Å². The lowest BCUT2D eigenvalue weighted by atomic mass is 10.1. The van der Waals surface area contributed by atoms with E-state index in [4.69, 9.17) is 9.84 Å². The predicted molar refractivity (Wildman–Crippen MR) is 125 cm³/mol. The quantitative estimate of drug-likeness (QED) is 0.483. The molecule has 0 spiro atoms. The highest BCUT2D eigenvalue weighted by Crippen LogP contribution is 2.32. The number of nitrogens with zero attached hydrogens (tertiary/aromatic N) is 1. The van der Waals surface area contributed by atoms with Gasteiger partial charge in [-0.2, -0.15) is 0 Å². The number of rotatable bonds is 10. The SMILES string of the molecule is Cc1ccc(NC(=O)Nc2cc(OCC(=O)O)ccc2N(CC(C)C)CC(C)C)cc1. The van der Waals surface area contributed by atoms with E-state index in [1.807, 2.05) is 37.3 Å². The van der Waals surface area contributed by atoms with Crippen LogP contribution in [0.15, 0.2) is 42.5 Å². The van der Waals surface area contributed by atoms with Crippen LogP contribution in [-0.4, -0.2) is 36.8 Å². The highest BCUT2D eigenvalue weighted by atomic mass is 16.5. The van der Waals surface area contributed by atoms with Crippen LogP contribution in [0.4, 0.5) is 21.9 Å². The zero-order valence-electron chi connectivity index (χ0n) is 18.9. The highest BCUT2D eigenvalue weighted by molar-refractivity contribution is 6.02. The second kappa shape index (κ2) is 11.2. The van der Waals surface area contributed by atoms with Gasteiger partial charge in [0, 0.05) is 24.8 Å². The molecule has 0 bridgehead atoms. The average Bonchev–Trinajstić information content (AvgIpc) is 2.67. The number of carboxylic acid groups (broad SMARTS) is 1. The van der Waals surface area contributed by atoms with Crippen LogP contribution >= 0.6 is 0 Å². The smallest absolute Gasteiger partial charge is 0.341 e. The molecule has 168 valence electrons. The van der Waals surface area contributed by atoms with Gasteiger partial charge in [0.05, 0.1) is 11.4 Å². The Morgan fingerprint density at radius 1 is 0.968 bits per heavy atom. The van der Waals surface area contributed by atoms with Gasteiger partial charge in [-0.15, -0.1) is 0 Å². The normalized spacial score (nSPS) is 10.8. The first-order valence-electron chi connectivity index (χ1n) is 10.5. The molecule has 0 aliphatic carbocycles. The number of urea groups is 1. The molecule has 0 saturated heterocycles. The predicted octanol–water partition coefficient (Wildman–Crippen LogP) is 5.22. The van der Waals surface area contributed by atoms with E-state index in [0.717, 1.165) is 24.3 Å². The molecule has 2 aromatic carbocycles. The second-order valence-electron chi connectivity index (χ2n) is 8.50. The third kappa shape index (κ3) is 8.20. The van der Waals surface area contributed by atoms with E-state index in [0.29, 0.717) is 29.0 Å². The number of aryl methyl sites for hydroxylation is 1. The Hall–Kier alpha value is -3.22. The Morgan fingerprint density at radius 2 is 1.58 bits per heavy atom. The summed E-state index contributed by atoms with van der Waals surface area (Å²) < 4.78 is 5.33. The summed E-state index contributed by atoms with van der Waals surface area (Å²) in [6.45, 7) is 11.8. The number of hydrogen-bond acceptors (Lipinski definition) is 4. The van der Waals surface area contributed by atoms with E-state index in [9.17, 15) is 9.59 Å². The van der Waals surface area contributed by atoms with Crippen LogP contribution in [0.1, 0.15) is 33.3 Å². The minimum atomic E-state index is -1.06. The van der Waals surface area contributed by atoms with Crippen LogP contribution in [0.3, 0.4) is 0 Å². The van der Waals surface area contributed by atoms with Crippen molar-refractivity contribution in [3.8, 4) is 5.75 Å². The van der Waals surface area contributed by atoms with Gasteiger partial charge in [0.1, 0.15) is 5.75 Å². The molecule has 0 atom stereocenters. The fourth-order valence-corrected chi connectivity index (χ4v) is 3.20. The Labute approximate surface area is 184 Å². The molecule has 0 aliphatic rings. The van der Waals surface area contributed by atoms with E-state index >= 15 is 0 Å². The highest BCUT2D eigenvalue weighted by Gasteiger charge is 2.17. The van der Waals surface area contributed by atoms with Gasteiger partial charge in [0.2, 0.25) is 0 Å². The van der Waals surface area contributed by atoms with Crippen molar-refractivity contribution >= 4 is 29.1 Å². The summed E-state index contributed by atoms with van der Waals surface area (Å²) in [6.07, 6.45) is 0. The molecule has 0 heterocycles. The van der Waals surface area contributed by atoms with Crippen molar-refractivity contribution in [2.45, 2.75) is 34.6 Å². The standard InChI is InChI=1S/C24H33N3O4/c1-16(2)13-27(14-17(3)4)22-11-10-20(31-15-23(28)29)12-21(22)26-24(30)25-19-8-6-18(5)7-9-19/h6-12,16-17H,13-15H2,1-5H3,(H,28,29)(H2,25,26,30). The average molecular weight is 428 g/mol. The molecule has 0 saturated carbocycles. The van der Waals surface area contributed by atoms with Crippen molar-refractivity contribution in [1.82, 2.24) is 0 Å². The summed E-state index contributed by atoms with van der Waals surface area (Å²) in [5.74, 6) is 0.176. The van der Waals surface area contributed by atoms with Crippen LogP contribution in [-0.2, 0) is 4.79 Å². The molecule has 7 heteroatoms. The first-order chi connectivity index (χ1) is 14.6. The summed E-state index contributed by atoms with van der Waals surface area (Å²) in [5.41, 5.74) is 3.22. The van der Waals surface area contributed by atoms with Crippen molar-refractivity contribution in [2.24, 2.45) is 11.8 Å². The summed E-state index contributed by atoms with van der Waals surface area (Å²) in [7, 11) is 0. The lowest BCUT2D eigenvalue weighted by Crippen LogP contribution is -2.32. The minimum absolute atomic E-state index is 0.380. The fourth-order valence-electron chi connectivity index (χ4n) is 3.20. The third-order valence-electron chi connectivity index (χ3n) is 4.40. The van der Waals surface area contributed by atoms with Crippen LogP contribution in [0.5, 0.6) is 5.75 Å². The maximum Gasteiger partial charge on any atom is 0.341 e. The number of carboxylic acids is 1. The summed E-state index contributed by atoms with van der Waals surface area (Å²) in [6, 6.07) is 12.4. The van der Waals surface area contributed by atoms with Gasteiger partial charge in [-0.25, -0.2) is 9.59 Å². The molecule has 7 nitrogen and oxygen atoms in total. The van der Waals surface area contributed by atoms with E-state index < -0.39 is 12.6 Å². The summed E-state index contributed by atoms with van der Waals surface area (Å²) >= 11 is 0. The first kappa shape index (κ1) is 24.1. The second-order valence-corrected chi connectivity index (χ2v) is 8.50. The van der Waals surface area contributed by atoms with Crippen molar-refractivity contribution < 1.29 is 19.4 Å². The number of anilines is 3. The Kier molecular flexibility index (Phi) is 8.73. The van der Waals surface area contributed by atoms with Gasteiger partial charge < -0.3 is 25.4 Å². The number of nitrogens with one attached hydrogen (secondary N) is 2.